The molecule has 112 valence electrons. The molecule has 0 spiro atoms. The molecular weight excluding hydrogens is 266 g/mol. The van der Waals surface area contributed by atoms with E-state index in [0.717, 1.165) is 30.0 Å². The highest BCUT2D eigenvalue weighted by molar-refractivity contribution is 5.69. The zero-order valence-corrected chi connectivity index (χ0v) is 12.9. The summed E-state index contributed by atoms with van der Waals surface area (Å²) in [5, 5.41) is 3.35. The monoisotopic (exact) mass is 287 g/mol. The summed E-state index contributed by atoms with van der Waals surface area (Å²) in [7, 11) is 1.58. The maximum absolute atomic E-state index is 5.30. The maximum atomic E-state index is 5.30. The van der Waals surface area contributed by atoms with Gasteiger partial charge in [-0.1, -0.05) is 20.8 Å². The topological polar surface area (TPSA) is 72.8 Å². The molecule has 1 N–H and O–H groups in total. The second kappa shape index (κ2) is 6.97. The number of anilines is 1. The van der Waals surface area contributed by atoms with Crippen molar-refractivity contribution in [3.8, 4) is 17.3 Å². The third-order valence-corrected chi connectivity index (χ3v) is 3.09. The molecule has 0 amide bonds. The number of nitrogens with zero attached hydrogens (tertiary/aromatic N) is 4. The Hall–Kier alpha value is -2.24. The quantitative estimate of drug-likeness (QED) is 0.880. The SMILES string of the molecule is CCCNc1ncnc(-c2nccnc2OC)c1C(C)C. The van der Waals surface area contributed by atoms with Crippen LogP contribution in [0.3, 0.4) is 0 Å². The maximum Gasteiger partial charge on any atom is 0.241 e. The van der Waals surface area contributed by atoms with Gasteiger partial charge >= 0.3 is 0 Å². The molecule has 0 radical (unpaired) electrons. The minimum atomic E-state index is 0.257. The predicted molar refractivity (Wildman–Crippen MR) is 82.5 cm³/mol. The van der Waals surface area contributed by atoms with Crippen molar-refractivity contribution in [1.29, 1.82) is 0 Å². The Bertz CT molecular complexity index is 600. The summed E-state index contributed by atoms with van der Waals surface area (Å²) in [5.41, 5.74) is 2.44. The van der Waals surface area contributed by atoms with Crippen molar-refractivity contribution >= 4 is 5.82 Å². The molecule has 0 fully saturated rings. The van der Waals surface area contributed by atoms with E-state index in [2.05, 4.69) is 46.0 Å². The van der Waals surface area contributed by atoms with Crippen LogP contribution in [-0.4, -0.2) is 33.6 Å². The molecule has 0 saturated carbocycles. The Morgan fingerprint density at radius 3 is 2.52 bits per heavy atom. The van der Waals surface area contributed by atoms with E-state index in [4.69, 9.17) is 4.74 Å². The van der Waals surface area contributed by atoms with E-state index in [1.165, 1.54) is 0 Å². The summed E-state index contributed by atoms with van der Waals surface area (Å²) in [5.74, 6) is 1.58. The highest BCUT2D eigenvalue weighted by atomic mass is 16.5. The number of aromatic nitrogens is 4. The summed E-state index contributed by atoms with van der Waals surface area (Å²) < 4.78 is 5.30. The Morgan fingerprint density at radius 1 is 1.10 bits per heavy atom. The van der Waals surface area contributed by atoms with Gasteiger partial charge in [0.25, 0.3) is 0 Å². The molecule has 2 aromatic rings. The first-order valence-corrected chi connectivity index (χ1v) is 7.13. The first-order valence-electron chi connectivity index (χ1n) is 7.13. The van der Waals surface area contributed by atoms with Crippen molar-refractivity contribution in [2.75, 3.05) is 19.0 Å². The van der Waals surface area contributed by atoms with Crippen LogP contribution in [0, 0.1) is 0 Å². The van der Waals surface area contributed by atoms with Crippen LogP contribution in [0.2, 0.25) is 0 Å². The second-order valence-electron chi connectivity index (χ2n) is 4.98. The van der Waals surface area contributed by atoms with Gasteiger partial charge in [-0.3, -0.25) is 0 Å². The van der Waals surface area contributed by atoms with Crippen molar-refractivity contribution in [3.63, 3.8) is 0 Å². The molecule has 6 heteroatoms. The van der Waals surface area contributed by atoms with Crippen LogP contribution >= 0.6 is 0 Å². The lowest BCUT2D eigenvalue weighted by Crippen LogP contribution is -2.09. The van der Waals surface area contributed by atoms with Crippen LogP contribution in [0.1, 0.15) is 38.7 Å². The molecule has 0 aromatic carbocycles. The van der Waals surface area contributed by atoms with Crippen LogP contribution in [0.4, 0.5) is 5.82 Å². The lowest BCUT2D eigenvalue weighted by atomic mass is 10.00. The normalized spacial score (nSPS) is 10.7. The van der Waals surface area contributed by atoms with Gasteiger partial charge in [-0.2, -0.15) is 0 Å². The molecule has 6 nitrogen and oxygen atoms in total. The highest BCUT2D eigenvalue weighted by Gasteiger charge is 2.20. The number of hydrogen-bond donors (Lipinski definition) is 1. The number of methoxy groups -OCH3 is 1. The number of nitrogens with one attached hydrogen (secondary N) is 1. The van der Waals surface area contributed by atoms with Gasteiger partial charge in [0, 0.05) is 24.5 Å². The predicted octanol–water partition coefficient (Wildman–Crippen LogP) is 2.89. The second-order valence-corrected chi connectivity index (χ2v) is 4.98. The molecule has 0 aliphatic carbocycles. The van der Waals surface area contributed by atoms with Gasteiger partial charge in [-0.05, 0) is 12.3 Å². The zero-order valence-electron chi connectivity index (χ0n) is 12.9. The molecular formula is C15H21N5O. The third kappa shape index (κ3) is 3.26. The largest absolute Gasteiger partial charge is 0.479 e. The van der Waals surface area contributed by atoms with E-state index in [1.54, 1.807) is 25.8 Å². The van der Waals surface area contributed by atoms with Crippen LogP contribution in [0.25, 0.3) is 11.4 Å². The van der Waals surface area contributed by atoms with Crippen molar-refractivity contribution < 1.29 is 4.74 Å². The summed E-state index contributed by atoms with van der Waals surface area (Å²) in [6.07, 6.45) is 5.83. The van der Waals surface area contributed by atoms with Crippen LogP contribution in [-0.2, 0) is 0 Å². The Labute approximate surface area is 125 Å². The van der Waals surface area contributed by atoms with E-state index in [1.807, 2.05) is 0 Å². The standard InChI is InChI=1S/C15H21N5O/c1-5-6-17-14-11(10(2)3)12(19-9-20-14)13-15(21-4)18-8-7-16-13/h7-10H,5-6H2,1-4H3,(H,17,19,20). The van der Waals surface area contributed by atoms with Crippen molar-refractivity contribution in [2.24, 2.45) is 0 Å². The fourth-order valence-electron chi connectivity index (χ4n) is 2.15. The fourth-order valence-corrected chi connectivity index (χ4v) is 2.15. The van der Waals surface area contributed by atoms with Gasteiger partial charge in [0.1, 0.15) is 17.8 Å². The summed E-state index contributed by atoms with van der Waals surface area (Å²) in [6.45, 7) is 7.22. The van der Waals surface area contributed by atoms with Gasteiger partial charge in [0.2, 0.25) is 5.88 Å². The molecule has 0 saturated heterocycles. The number of rotatable bonds is 6. The Kier molecular flexibility index (Phi) is 5.03. The van der Waals surface area contributed by atoms with Gasteiger partial charge in [0.15, 0.2) is 5.69 Å². The van der Waals surface area contributed by atoms with E-state index in [0.29, 0.717) is 11.6 Å². The first kappa shape index (κ1) is 15.2. The van der Waals surface area contributed by atoms with Crippen LogP contribution in [0.15, 0.2) is 18.7 Å². The van der Waals surface area contributed by atoms with E-state index >= 15 is 0 Å². The van der Waals surface area contributed by atoms with Crippen molar-refractivity contribution in [3.05, 3.63) is 24.3 Å². The lowest BCUT2D eigenvalue weighted by Gasteiger charge is -2.17. The summed E-state index contributed by atoms with van der Waals surface area (Å²) in [6, 6.07) is 0. The minimum absolute atomic E-state index is 0.257. The molecule has 0 aliphatic rings. The van der Waals surface area contributed by atoms with Crippen molar-refractivity contribution in [2.45, 2.75) is 33.1 Å². The van der Waals surface area contributed by atoms with Crippen LogP contribution in [0.5, 0.6) is 5.88 Å². The molecule has 0 bridgehead atoms. The third-order valence-electron chi connectivity index (χ3n) is 3.09. The fraction of sp³-hybridized carbons (Fsp3) is 0.467. The Morgan fingerprint density at radius 2 is 1.86 bits per heavy atom. The van der Waals surface area contributed by atoms with Gasteiger partial charge in [-0.25, -0.2) is 19.9 Å². The summed E-state index contributed by atoms with van der Waals surface area (Å²) in [4.78, 5) is 17.4. The highest BCUT2D eigenvalue weighted by Crippen LogP contribution is 2.34. The number of ether oxygens (including phenoxy) is 1. The first-order chi connectivity index (χ1) is 10.2. The van der Waals surface area contributed by atoms with E-state index < -0.39 is 0 Å². The van der Waals surface area contributed by atoms with Crippen molar-refractivity contribution in [1.82, 2.24) is 19.9 Å². The summed E-state index contributed by atoms with van der Waals surface area (Å²) >= 11 is 0. The average Bonchev–Trinajstić information content (AvgIpc) is 2.52. The molecule has 0 atom stereocenters. The van der Waals surface area contributed by atoms with Gasteiger partial charge < -0.3 is 10.1 Å². The van der Waals surface area contributed by atoms with E-state index in [-0.39, 0.29) is 5.92 Å². The molecule has 2 heterocycles. The Balaban J connectivity index is 2.57. The van der Waals surface area contributed by atoms with E-state index in [9.17, 15) is 0 Å². The molecule has 0 aliphatic heterocycles. The molecule has 21 heavy (non-hydrogen) atoms. The molecule has 2 aromatic heterocycles. The minimum Gasteiger partial charge on any atom is -0.479 e. The van der Waals surface area contributed by atoms with Crippen LogP contribution < -0.4 is 10.1 Å². The molecule has 0 unspecified atom stereocenters. The number of hydrogen-bond acceptors (Lipinski definition) is 6. The molecule has 2 rings (SSSR count). The van der Waals surface area contributed by atoms with Gasteiger partial charge in [-0.15, -0.1) is 0 Å². The average molecular weight is 287 g/mol. The van der Waals surface area contributed by atoms with Gasteiger partial charge in [0.05, 0.1) is 7.11 Å². The lowest BCUT2D eigenvalue weighted by molar-refractivity contribution is 0.397. The smallest absolute Gasteiger partial charge is 0.241 e. The zero-order chi connectivity index (χ0) is 15.2.